The SMILES string of the molecule is CNC1CCC(OCC(=O)NCC#N)CC1. The molecule has 5 nitrogen and oxygen atoms in total. The van der Waals surface area contributed by atoms with Crippen molar-refractivity contribution < 1.29 is 9.53 Å². The monoisotopic (exact) mass is 225 g/mol. The van der Waals surface area contributed by atoms with Crippen LogP contribution in [0.2, 0.25) is 0 Å². The van der Waals surface area contributed by atoms with Crippen molar-refractivity contribution >= 4 is 5.91 Å². The van der Waals surface area contributed by atoms with E-state index in [4.69, 9.17) is 10.00 Å². The summed E-state index contributed by atoms with van der Waals surface area (Å²) in [6.45, 7) is 0.116. The molecule has 0 aromatic carbocycles. The van der Waals surface area contributed by atoms with E-state index >= 15 is 0 Å². The predicted molar refractivity (Wildman–Crippen MR) is 59.7 cm³/mol. The molecule has 0 radical (unpaired) electrons. The fourth-order valence-corrected chi connectivity index (χ4v) is 1.90. The van der Waals surface area contributed by atoms with Crippen molar-refractivity contribution in [3.05, 3.63) is 0 Å². The average Bonchev–Trinajstić information content (AvgIpc) is 2.34. The predicted octanol–water partition coefficient (Wildman–Crippen LogP) is 0.173. The number of nitriles is 1. The second-order valence-corrected chi connectivity index (χ2v) is 4.01. The van der Waals surface area contributed by atoms with E-state index in [-0.39, 0.29) is 25.2 Å². The highest BCUT2D eigenvalue weighted by molar-refractivity contribution is 5.77. The van der Waals surface area contributed by atoms with E-state index in [1.807, 2.05) is 13.1 Å². The van der Waals surface area contributed by atoms with Crippen LogP contribution in [0.4, 0.5) is 0 Å². The molecule has 0 aliphatic heterocycles. The summed E-state index contributed by atoms with van der Waals surface area (Å²) in [6, 6.07) is 2.44. The summed E-state index contributed by atoms with van der Waals surface area (Å²) in [5, 5.41) is 14.0. The van der Waals surface area contributed by atoms with Crippen molar-refractivity contribution in [3.8, 4) is 6.07 Å². The van der Waals surface area contributed by atoms with Crippen LogP contribution in [0.5, 0.6) is 0 Å². The summed E-state index contributed by atoms with van der Waals surface area (Å²) < 4.78 is 5.49. The van der Waals surface area contributed by atoms with Crippen LogP contribution in [-0.2, 0) is 9.53 Å². The van der Waals surface area contributed by atoms with Crippen LogP contribution in [0.1, 0.15) is 25.7 Å². The minimum absolute atomic E-state index is 0.0503. The normalized spacial score (nSPS) is 24.8. The Labute approximate surface area is 96.2 Å². The Balaban J connectivity index is 2.10. The molecule has 0 bridgehead atoms. The van der Waals surface area contributed by atoms with Crippen LogP contribution in [0.3, 0.4) is 0 Å². The molecule has 0 spiro atoms. The molecule has 5 heteroatoms. The largest absolute Gasteiger partial charge is 0.368 e. The standard InChI is InChI=1S/C11H19N3O2/c1-13-9-2-4-10(5-3-9)16-8-11(15)14-7-6-12/h9-10,13H,2-5,7-8H2,1H3,(H,14,15). The fourth-order valence-electron chi connectivity index (χ4n) is 1.90. The van der Waals surface area contributed by atoms with Gasteiger partial charge in [0.25, 0.3) is 0 Å². The van der Waals surface area contributed by atoms with Gasteiger partial charge in [-0.3, -0.25) is 4.79 Å². The van der Waals surface area contributed by atoms with E-state index in [1.54, 1.807) is 0 Å². The van der Waals surface area contributed by atoms with Crippen LogP contribution in [0.15, 0.2) is 0 Å². The van der Waals surface area contributed by atoms with Crippen molar-refractivity contribution in [2.24, 2.45) is 0 Å². The summed E-state index contributed by atoms with van der Waals surface area (Å²) in [6.07, 6.45) is 4.38. The third-order valence-corrected chi connectivity index (χ3v) is 2.90. The number of hydrogen-bond donors (Lipinski definition) is 2. The summed E-state index contributed by atoms with van der Waals surface area (Å²) in [5.41, 5.74) is 0. The molecule has 90 valence electrons. The Morgan fingerprint density at radius 1 is 1.44 bits per heavy atom. The maximum atomic E-state index is 11.2. The molecule has 0 unspecified atom stereocenters. The Kier molecular flexibility index (Phi) is 5.83. The van der Waals surface area contributed by atoms with Crippen molar-refractivity contribution in [3.63, 3.8) is 0 Å². The molecule has 1 aliphatic carbocycles. The lowest BCUT2D eigenvalue weighted by Gasteiger charge is -2.27. The van der Waals surface area contributed by atoms with Gasteiger partial charge in [-0.15, -0.1) is 0 Å². The van der Waals surface area contributed by atoms with Crippen molar-refractivity contribution in [1.82, 2.24) is 10.6 Å². The van der Waals surface area contributed by atoms with Gasteiger partial charge in [-0.1, -0.05) is 0 Å². The quantitative estimate of drug-likeness (QED) is 0.654. The number of amides is 1. The first-order valence-corrected chi connectivity index (χ1v) is 5.68. The Hall–Kier alpha value is -1.12. The van der Waals surface area contributed by atoms with Crippen LogP contribution in [0.25, 0.3) is 0 Å². The molecule has 0 aromatic rings. The molecular formula is C11H19N3O2. The topological polar surface area (TPSA) is 74.2 Å². The Morgan fingerprint density at radius 3 is 2.69 bits per heavy atom. The first kappa shape index (κ1) is 12.9. The van der Waals surface area contributed by atoms with Crippen LogP contribution >= 0.6 is 0 Å². The second-order valence-electron chi connectivity index (χ2n) is 4.01. The lowest BCUT2D eigenvalue weighted by atomic mass is 9.93. The van der Waals surface area contributed by atoms with E-state index < -0.39 is 0 Å². The molecule has 0 saturated heterocycles. The van der Waals surface area contributed by atoms with E-state index in [9.17, 15) is 4.79 Å². The van der Waals surface area contributed by atoms with Gasteiger partial charge in [-0.25, -0.2) is 0 Å². The van der Waals surface area contributed by atoms with Gasteiger partial charge >= 0.3 is 0 Å². The van der Waals surface area contributed by atoms with E-state index in [2.05, 4.69) is 10.6 Å². The number of hydrogen-bond acceptors (Lipinski definition) is 4. The summed E-state index contributed by atoms with van der Waals surface area (Å²) in [4.78, 5) is 11.2. The molecule has 0 atom stereocenters. The van der Waals surface area contributed by atoms with E-state index in [1.165, 1.54) is 0 Å². The molecule has 16 heavy (non-hydrogen) atoms. The highest BCUT2D eigenvalue weighted by atomic mass is 16.5. The highest BCUT2D eigenvalue weighted by Crippen LogP contribution is 2.20. The zero-order chi connectivity index (χ0) is 11.8. The molecule has 0 aromatic heterocycles. The smallest absolute Gasteiger partial charge is 0.246 e. The highest BCUT2D eigenvalue weighted by Gasteiger charge is 2.20. The van der Waals surface area contributed by atoms with Crippen LogP contribution in [0, 0.1) is 11.3 Å². The van der Waals surface area contributed by atoms with Gasteiger partial charge in [-0.05, 0) is 32.7 Å². The van der Waals surface area contributed by atoms with Crippen LogP contribution in [-0.4, -0.2) is 38.3 Å². The van der Waals surface area contributed by atoms with Crippen molar-refractivity contribution in [2.75, 3.05) is 20.2 Å². The molecule has 1 saturated carbocycles. The van der Waals surface area contributed by atoms with Gasteiger partial charge in [0.2, 0.25) is 5.91 Å². The molecule has 1 rings (SSSR count). The summed E-state index contributed by atoms with van der Waals surface area (Å²) in [7, 11) is 1.97. The number of carbonyl (C=O) groups is 1. The van der Waals surface area contributed by atoms with Gasteiger partial charge in [-0.2, -0.15) is 5.26 Å². The lowest BCUT2D eigenvalue weighted by Crippen LogP contribution is -2.35. The maximum Gasteiger partial charge on any atom is 0.246 e. The molecular weight excluding hydrogens is 206 g/mol. The fraction of sp³-hybridized carbons (Fsp3) is 0.818. The maximum absolute atomic E-state index is 11.2. The molecule has 1 amide bonds. The van der Waals surface area contributed by atoms with Gasteiger partial charge in [0.15, 0.2) is 0 Å². The van der Waals surface area contributed by atoms with Gasteiger partial charge in [0, 0.05) is 6.04 Å². The average molecular weight is 225 g/mol. The van der Waals surface area contributed by atoms with Gasteiger partial charge < -0.3 is 15.4 Å². The minimum Gasteiger partial charge on any atom is -0.368 e. The Bertz CT molecular complexity index is 254. The number of rotatable bonds is 5. The van der Waals surface area contributed by atoms with Gasteiger partial charge in [0.1, 0.15) is 13.2 Å². The first-order chi connectivity index (χ1) is 7.76. The van der Waals surface area contributed by atoms with Crippen LogP contribution < -0.4 is 10.6 Å². The summed E-state index contributed by atoms with van der Waals surface area (Å²) >= 11 is 0. The molecule has 0 heterocycles. The molecule has 1 fully saturated rings. The number of ether oxygens (including phenoxy) is 1. The molecule has 2 N–H and O–H groups in total. The third-order valence-electron chi connectivity index (χ3n) is 2.90. The Morgan fingerprint density at radius 2 is 2.12 bits per heavy atom. The number of carbonyl (C=O) groups excluding carboxylic acids is 1. The lowest BCUT2D eigenvalue weighted by molar-refractivity contribution is -0.128. The van der Waals surface area contributed by atoms with E-state index in [0.717, 1.165) is 25.7 Å². The number of nitrogens with one attached hydrogen (secondary N) is 2. The first-order valence-electron chi connectivity index (χ1n) is 5.68. The number of nitrogens with zero attached hydrogens (tertiary/aromatic N) is 1. The summed E-state index contributed by atoms with van der Waals surface area (Å²) in [5.74, 6) is -0.211. The molecule has 1 aliphatic rings. The zero-order valence-corrected chi connectivity index (χ0v) is 9.66. The third kappa shape index (κ3) is 4.60. The minimum atomic E-state index is -0.211. The van der Waals surface area contributed by atoms with Gasteiger partial charge in [0.05, 0.1) is 12.2 Å². The van der Waals surface area contributed by atoms with Crippen molar-refractivity contribution in [2.45, 2.75) is 37.8 Å². The second kappa shape index (κ2) is 7.20. The van der Waals surface area contributed by atoms with E-state index in [0.29, 0.717) is 6.04 Å². The van der Waals surface area contributed by atoms with Crippen molar-refractivity contribution in [1.29, 1.82) is 5.26 Å². The zero-order valence-electron chi connectivity index (χ0n) is 9.66.